The Morgan fingerprint density at radius 3 is 2.61 bits per heavy atom. The molecular formula is C17H21BrN4O. The molecule has 1 unspecified atom stereocenters. The Morgan fingerprint density at radius 2 is 2.00 bits per heavy atom. The third-order valence-electron chi connectivity index (χ3n) is 4.38. The lowest BCUT2D eigenvalue weighted by atomic mass is 10.0. The van der Waals surface area contributed by atoms with Crippen LogP contribution in [-0.4, -0.2) is 33.7 Å². The smallest absolute Gasteiger partial charge is 0.224 e. The number of hydrogen-bond acceptors (Lipinski definition) is 3. The number of rotatable bonds is 4. The van der Waals surface area contributed by atoms with Crippen molar-refractivity contribution in [3.05, 3.63) is 52.8 Å². The number of nitrogens with two attached hydrogens (primary N) is 1. The van der Waals surface area contributed by atoms with Crippen LogP contribution in [0.25, 0.3) is 0 Å². The molecule has 0 aliphatic carbocycles. The minimum Gasteiger partial charge on any atom is -0.342 e. The summed E-state index contributed by atoms with van der Waals surface area (Å²) in [6.45, 7) is 1.53. The molecule has 1 atom stereocenters. The van der Waals surface area contributed by atoms with Gasteiger partial charge in [-0.3, -0.25) is 9.48 Å². The van der Waals surface area contributed by atoms with Gasteiger partial charge in [-0.2, -0.15) is 5.10 Å². The summed E-state index contributed by atoms with van der Waals surface area (Å²) in [5.41, 5.74) is 7.17. The van der Waals surface area contributed by atoms with Crippen molar-refractivity contribution in [2.45, 2.75) is 31.3 Å². The van der Waals surface area contributed by atoms with E-state index in [0.29, 0.717) is 12.5 Å². The van der Waals surface area contributed by atoms with Gasteiger partial charge < -0.3 is 10.6 Å². The second kappa shape index (κ2) is 7.27. The van der Waals surface area contributed by atoms with Crippen LogP contribution in [-0.2, 0) is 4.79 Å². The van der Waals surface area contributed by atoms with Gasteiger partial charge in [-0.25, -0.2) is 0 Å². The first-order valence-corrected chi connectivity index (χ1v) is 8.71. The molecule has 0 saturated carbocycles. The summed E-state index contributed by atoms with van der Waals surface area (Å²) in [4.78, 5) is 14.4. The van der Waals surface area contributed by atoms with Crippen LogP contribution in [0.1, 0.15) is 36.9 Å². The van der Waals surface area contributed by atoms with E-state index in [1.54, 1.807) is 6.20 Å². The predicted octanol–water partition coefficient (Wildman–Crippen LogP) is 2.90. The van der Waals surface area contributed by atoms with Crippen molar-refractivity contribution in [3.63, 3.8) is 0 Å². The summed E-state index contributed by atoms with van der Waals surface area (Å²) in [5, 5.41) is 4.34. The van der Waals surface area contributed by atoms with Crippen LogP contribution >= 0.6 is 15.9 Å². The van der Waals surface area contributed by atoms with Gasteiger partial charge in [-0.15, -0.1) is 0 Å². The van der Waals surface area contributed by atoms with Crippen LogP contribution in [0.15, 0.2) is 47.2 Å². The molecule has 1 saturated heterocycles. The van der Waals surface area contributed by atoms with E-state index in [1.165, 1.54) is 0 Å². The summed E-state index contributed by atoms with van der Waals surface area (Å²) >= 11 is 3.42. The molecule has 1 aromatic heterocycles. The van der Waals surface area contributed by atoms with Crippen LogP contribution in [0, 0.1) is 0 Å². The molecule has 0 spiro atoms. The van der Waals surface area contributed by atoms with Gasteiger partial charge in [0.05, 0.1) is 16.7 Å². The van der Waals surface area contributed by atoms with Gasteiger partial charge in [-0.1, -0.05) is 30.3 Å². The van der Waals surface area contributed by atoms with Crippen molar-refractivity contribution in [1.82, 2.24) is 14.7 Å². The molecule has 1 amide bonds. The lowest BCUT2D eigenvalue weighted by Gasteiger charge is -2.32. The zero-order chi connectivity index (χ0) is 16.2. The maximum absolute atomic E-state index is 12.4. The first-order chi connectivity index (χ1) is 11.1. The maximum atomic E-state index is 12.4. The number of carbonyl (C=O) groups excluding carboxylic acids is 1. The Bertz CT molecular complexity index is 650. The third kappa shape index (κ3) is 4.00. The molecule has 1 aliphatic rings. The van der Waals surface area contributed by atoms with Crippen molar-refractivity contribution in [3.8, 4) is 0 Å². The van der Waals surface area contributed by atoms with Crippen molar-refractivity contribution >= 4 is 21.8 Å². The lowest BCUT2D eigenvalue weighted by Crippen LogP contribution is -2.40. The van der Waals surface area contributed by atoms with Crippen molar-refractivity contribution in [1.29, 1.82) is 0 Å². The molecule has 2 N–H and O–H groups in total. The second-order valence-corrected chi connectivity index (χ2v) is 6.89. The van der Waals surface area contributed by atoms with Crippen LogP contribution in [0.4, 0.5) is 0 Å². The zero-order valence-corrected chi connectivity index (χ0v) is 14.5. The molecule has 5 nitrogen and oxygen atoms in total. The lowest BCUT2D eigenvalue weighted by molar-refractivity contribution is -0.132. The molecule has 1 fully saturated rings. The molecule has 6 heteroatoms. The Morgan fingerprint density at radius 1 is 1.30 bits per heavy atom. The van der Waals surface area contributed by atoms with Crippen molar-refractivity contribution < 1.29 is 4.79 Å². The van der Waals surface area contributed by atoms with E-state index in [4.69, 9.17) is 5.73 Å². The number of benzene rings is 1. The highest BCUT2D eigenvalue weighted by molar-refractivity contribution is 9.10. The summed E-state index contributed by atoms with van der Waals surface area (Å²) in [6, 6.07) is 9.94. The summed E-state index contributed by atoms with van der Waals surface area (Å²) in [6.07, 6.45) is 6.02. The fraction of sp³-hybridized carbons (Fsp3) is 0.412. The van der Waals surface area contributed by atoms with Gasteiger partial charge in [0.1, 0.15) is 0 Å². The van der Waals surface area contributed by atoms with Crippen LogP contribution in [0.2, 0.25) is 0 Å². The monoisotopic (exact) mass is 376 g/mol. The summed E-state index contributed by atoms with van der Waals surface area (Å²) in [7, 11) is 0. The highest BCUT2D eigenvalue weighted by Crippen LogP contribution is 2.24. The van der Waals surface area contributed by atoms with Gasteiger partial charge in [0.15, 0.2) is 0 Å². The molecule has 0 bridgehead atoms. The van der Waals surface area contributed by atoms with E-state index in [2.05, 4.69) is 21.0 Å². The molecular weight excluding hydrogens is 356 g/mol. The molecule has 23 heavy (non-hydrogen) atoms. The quantitative estimate of drug-likeness (QED) is 0.891. The molecule has 122 valence electrons. The minimum absolute atomic E-state index is 0.140. The number of halogens is 1. The number of carbonyl (C=O) groups is 1. The Kier molecular flexibility index (Phi) is 5.13. The topological polar surface area (TPSA) is 64.2 Å². The van der Waals surface area contributed by atoms with Crippen LogP contribution in [0.5, 0.6) is 0 Å². The van der Waals surface area contributed by atoms with E-state index in [0.717, 1.165) is 36.0 Å². The van der Waals surface area contributed by atoms with Gasteiger partial charge in [-0.05, 0) is 34.3 Å². The van der Waals surface area contributed by atoms with Gasteiger partial charge in [0.25, 0.3) is 0 Å². The van der Waals surface area contributed by atoms with Gasteiger partial charge >= 0.3 is 0 Å². The Labute approximate surface area is 144 Å². The van der Waals surface area contributed by atoms with E-state index in [-0.39, 0.29) is 11.9 Å². The fourth-order valence-corrected chi connectivity index (χ4v) is 3.33. The number of piperidine rings is 1. The number of likely N-dealkylation sites (tertiary alicyclic amines) is 1. The first kappa shape index (κ1) is 16.2. The molecule has 2 aromatic rings. The van der Waals surface area contributed by atoms with Gasteiger partial charge in [0, 0.05) is 31.7 Å². The highest BCUT2D eigenvalue weighted by atomic mass is 79.9. The highest BCUT2D eigenvalue weighted by Gasteiger charge is 2.25. The van der Waals surface area contributed by atoms with E-state index < -0.39 is 0 Å². The maximum Gasteiger partial charge on any atom is 0.224 e. The summed E-state index contributed by atoms with van der Waals surface area (Å²) in [5.74, 6) is 0.140. The average molecular weight is 377 g/mol. The van der Waals surface area contributed by atoms with Crippen molar-refractivity contribution in [2.75, 3.05) is 13.1 Å². The standard InChI is InChI=1S/C17H21BrN4O/c18-14-11-20-22(12-14)15-6-8-21(9-7-15)17(23)10-16(19)13-4-2-1-3-5-13/h1-5,11-12,15-16H,6-10,19H2. The number of hydrogen-bond donors (Lipinski definition) is 1. The molecule has 0 radical (unpaired) electrons. The molecule has 1 aliphatic heterocycles. The minimum atomic E-state index is -0.233. The van der Waals surface area contributed by atoms with Gasteiger partial charge in [0.2, 0.25) is 5.91 Å². The average Bonchev–Trinajstić information content (AvgIpc) is 3.02. The number of amides is 1. The van der Waals surface area contributed by atoms with E-state index in [9.17, 15) is 4.79 Å². The van der Waals surface area contributed by atoms with Crippen LogP contribution < -0.4 is 5.73 Å². The fourth-order valence-electron chi connectivity index (χ4n) is 3.03. The first-order valence-electron chi connectivity index (χ1n) is 7.91. The van der Waals surface area contributed by atoms with E-state index >= 15 is 0 Å². The second-order valence-electron chi connectivity index (χ2n) is 5.97. The number of nitrogens with zero attached hydrogens (tertiary/aromatic N) is 3. The van der Waals surface area contributed by atoms with Crippen LogP contribution in [0.3, 0.4) is 0 Å². The largest absolute Gasteiger partial charge is 0.342 e. The summed E-state index contributed by atoms with van der Waals surface area (Å²) < 4.78 is 2.98. The molecule has 3 rings (SSSR count). The molecule has 1 aromatic carbocycles. The van der Waals surface area contributed by atoms with Crippen molar-refractivity contribution in [2.24, 2.45) is 5.73 Å². The number of aromatic nitrogens is 2. The normalized spacial score (nSPS) is 17.2. The third-order valence-corrected chi connectivity index (χ3v) is 4.79. The molecule has 2 heterocycles. The Hall–Kier alpha value is -1.66. The zero-order valence-electron chi connectivity index (χ0n) is 12.9. The Balaban J connectivity index is 1.52. The SMILES string of the molecule is NC(CC(=O)N1CCC(n2cc(Br)cn2)CC1)c1ccccc1. The van der Waals surface area contributed by atoms with E-state index in [1.807, 2.05) is 46.1 Å². The predicted molar refractivity (Wildman–Crippen MR) is 92.8 cm³/mol.